The Morgan fingerprint density at radius 2 is 0.715 bits per heavy atom. The van der Waals surface area contributed by atoms with Gasteiger partial charge in [-0.05, 0) is 257 Å². The average Bonchev–Trinajstić information content (AvgIpc) is 1.68. The maximum Gasteiger partial charge on any atom is 0.271 e. The van der Waals surface area contributed by atoms with Gasteiger partial charge in [0.1, 0.15) is 28.5 Å². The second-order valence-electron chi connectivity index (χ2n) is 50.6. The predicted molar refractivity (Wildman–Crippen MR) is 588 cm³/mol. The molecule has 10 N–H and O–H groups in total. The van der Waals surface area contributed by atoms with Crippen LogP contribution in [0, 0.1) is 63.1 Å². The van der Waals surface area contributed by atoms with Gasteiger partial charge in [0.15, 0.2) is 0 Å². The SMILES string of the molecule is CC(C)C(CC1CCC1)NC(=O)c1cnccn1.CC(C)C(NC(=O)c1cnccn1)C(C)(C)C.CC(C)C(NC(=O)c1cnccn1)C1(C)CCC1.CC(C)C(NC(=O)c1cnccn1)C1CCC1.CC(C)C1(NC(=O)c2cnccn2)CCC1.CC(C)NC1(C)CCC(C)(C)CC1.CC(C)NC1(C)CCC1.CC(C)NC1(C)CCC2(CC2)CC1.CC(C)NC1(C)COC1.CC(C)NC1(C)Cc2ccccc2C1. The van der Waals surface area contributed by atoms with Crippen molar-refractivity contribution in [2.24, 2.45) is 63.1 Å². The number of nitrogens with one attached hydrogen (secondary N) is 10. The van der Waals surface area contributed by atoms with Gasteiger partial charge in [-0.25, -0.2) is 24.9 Å². The van der Waals surface area contributed by atoms with Crippen LogP contribution in [0.4, 0.5) is 0 Å². The fourth-order valence-corrected chi connectivity index (χ4v) is 22.0. The molecule has 0 bridgehead atoms. The predicted octanol–water partition coefficient (Wildman–Crippen LogP) is 22.6. The maximum atomic E-state index is 12.1. The lowest BCUT2D eigenvalue weighted by molar-refractivity contribution is -0.0676. The van der Waals surface area contributed by atoms with Crippen molar-refractivity contribution in [3.8, 4) is 0 Å². The number of hydrogen-bond acceptors (Lipinski definition) is 21. The summed E-state index contributed by atoms with van der Waals surface area (Å²) in [6.45, 7) is 70.3. The van der Waals surface area contributed by atoms with E-state index >= 15 is 0 Å². The Balaban J connectivity index is 0.000000218. The summed E-state index contributed by atoms with van der Waals surface area (Å²) >= 11 is 0. The highest BCUT2D eigenvalue weighted by atomic mass is 16.5. The van der Waals surface area contributed by atoms with Crippen molar-refractivity contribution in [1.82, 2.24) is 103 Å². The van der Waals surface area contributed by atoms with Crippen LogP contribution in [0.2, 0.25) is 0 Å². The Hall–Kier alpha value is -8.27. The van der Waals surface area contributed by atoms with E-state index < -0.39 is 0 Å². The molecule has 4 unspecified atom stereocenters. The standard InChI is InChI=1S/2C14H21N3O.C13H19N3O.C13H21N3O.C13H19N.C12H17N3O.C12H23N.C12H25N.C8H17N.C7H15NO/c1-10(2)12(14(3)5-4-6-14)17-13(18)11-9-15-7-8-16-11;1-10(2)12(8-11-4-3-5-11)17-14(18)13-9-15-6-7-16-13;1-9(2)12(10-4-3-5-10)16-13(17)11-8-14-6-7-15-11;1-9(2)11(13(3,4)5)16-12(17)10-8-14-6-7-15-10;1-10(2)14-13(3)8-11-6-4-5-7-12(11)9-13;1-9(2)12(4-3-5-12)15-11(16)10-8-13-6-7-14-10;1-10(2)13-11(3)4-6-12(7-5-11)8-9-12;1-10(2)13-12(5)8-6-11(3,4)7-9-12;1-7(2)9-8(3)5-4-6-8;1-6(2)8-7(3)4-9-5-7/h7-10,12H,4-6H2,1-3H3,(H,17,18);6-7,9-12H,3-5,8H2,1-2H3,(H,17,18);6-10,12H,3-5H2,1-2H3,(H,16,17);6-9,11H,1-5H3,(H,16,17);4-7,10,14H,8-9H2,1-3H3;6-9H,3-5H2,1-2H3,(H,15,16);10,13H,4-9H2,1-3H3;10,13H,6-9H2,1-5H3;7,9H,4-6H2,1-3H3;6,8H,4-5H2,1-3H3. The van der Waals surface area contributed by atoms with Crippen LogP contribution in [0.3, 0.4) is 0 Å². The van der Waals surface area contributed by atoms with E-state index in [1.54, 1.807) is 49.6 Å². The van der Waals surface area contributed by atoms with Crippen LogP contribution in [0.1, 0.15) is 445 Å². The Labute approximate surface area is 871 Å². The molecule has 26 nitrogen and oxygen atoms in total. The Kier molecular flexibility index (Phi) is 48.5. The summed E-state index contributed by atoms with van der Waals surface area (Å²) in [6.07, 6.45) is 59.5. The first-order valence-electron chi connectivity index (χ1n) is 55.4. The number of fused-ring (bicyclic) bond motifs is 1. The van der Waals surface area contributed by atoms with Gasteiger partial charge in [-0.3, -0.25) is 48.9 Å². The molecule has 144 heavy (non-hydrogen) atoms. The van der Waals surface area contributed by atoms with Gasteiger partial charge >= 0.3 is 0 Å². The van der Waals surface area contributed by atoms with Gasteiger partial charge in [0.05, 0.1) is 49.7 Å². The van der Waals surface area contributed by atoms with Crippen LogP contribution in [-0.4, -0.2) is 180 Å². The number of carbonyl (C=O) groups is 5. The normalized spacial score (nSPS) is 20.7. The third-order valence-corrected chi connectivity index (χ3v) is 31.2. The van der Waals surface area contributed by atoms with Gasteiger partial charge in [0.25, 0.3) is 29.5 Å². The first-order chi connectivity index (χ1) is 67.5. The van der Waals surface area contributed by atoms with Gasteiger partial charge in [-0.1, -0.05) is 236 Å². The Morgan fingerprint density at radius 1 is 0.361 bits per heavy atom. The van der Waals surface area contributed by atoms with E-state index in [0.29, 0.717) is 116 Å². The molecule has 9 fully saturated rings. The molecule has 8 saturated carbocycles. The number of nitrogens with zero attached hydrogens (tertiary/aromatic N) is 10. The molecule has 6 heterocycles. The van der Waals surface area contributed by atoms with Crippen LogP contribution in [0.25, 0.3) is 0 Å². The molecule has 1 spiro atoms. The van der Waals surface area contributed by atoms with Crippen LogP contribution in [-0.2, 0) is 17.6 Å². The zero-order valence-corrected chi connectivity index (χ0v) is 95.3. The Bertz CT molecular complexity index is 4590. The molecule has 4 atom stereocenters. The first-order valence-corrected chi connectivity index (χ1v) is 55.4. The fraction of sp³-hybridized carbons (Fsp3) is 0.737. The quantitative estimate of drug-likeness (QED) is 0.0208. The van der Waals surface area contributed by atoms with E-state index in [0.717, 1.165) is 43.8 Å². The molecule has 26 heteroatoms. The second-order valence-corrected chi connectivity index (χ2v) is 50.6. The molecule has 1 aromatic carbocycles. The maximum absolute atomic E-state index is 12.1. The third-order valence-electron chi connectivity index (χ3n) is 31.2. The van der Waals surface area contributed by atoms with Crippen molar-refractivity contribution in [1.29, 1.82) is 0 Å². The highest BCUT2D eigenvalue weighted by molar-refractivity contribution is 5.94. The average molecular weight is 1990 g/mol. The monoisotopic (exact) mass is 1990 g/mol. The summed E-state index contributed by atoms with van der Waals surface area (Å²) in [5, 5.41) is 33.5. The van der Waals surface area contributed by atoms with E-state index in [-0.39, 0.29) is 81.2 Å². The summed E-state index contributed by atoms with van der Waals surface area (Å²) in [4.78, 5) is 99.8. The minimum atomic E-state index is -0.160. The third kappa shape index (κ3) is 41.7. The van der Waals surface area contributed by atoms with Gasteiger partial charge < -0.3 is 57.9 Å². The lowest BCUT2D eigenvalue weighted by Gasteiger charge is -2.47. The highest BCUT2D eigenvalue weighted by Crippen LogP contribution is 2.58. The first kappa shape index (κ1) is 123. The molecule has 6 aromatic rings. The van der Waals surface area contributed by atoms with E-state index in [9.17, 15) is 24.0 Å². The number of hydrogen-bond donors (Lipinski definition) is 10. The molecule has 0 radical (unpaired) electrons. The second kappa shape index (κ2) is 56.9. The van der Waals surface area contributed by atoms with E-state index in [4.69, 9.17) is 4.74 Å². The van der Waals surface area contributed by atoms with Crippen molar-refractivity contribution in [2.75, 3.05) is 13.2 Å². The van der Waals surface area contributed by atoms with E-state index in [1.165, 1.54) is 215 Å². The molecule has 1 aliphatic heterocycles. The van der Waals surface area contributed by atoms with E-state index in [1.807, 2.05) is 0 Å². The molecule has 16 rings (SSSR count). The van der Waals surface area contributed by atoms with Crippen molar-refractivity contribution in [3.63, 3.8) is 0 Å². The van der Waals surface area contributed by atoms with Gasteiger partial charge in [0.2, 0.25) is 0 Å². The van der Waals surface area contributed by atoms with Crippen LogP contribution < -0.4 is 53.2 Å². The zero-order chi connectivity index (χ0) is 107. The van der Waals surface area contributed by atoms with Gasteiger partial charge in [-0.2, -0.15) is 0 Å². The Morgan fingerprint density at radius 3 is 0.993 bits per heavy atom. The van der Waals surface area contributed by atoms with Crippen LogP contribution in [0.15, 0.2) is 117 Å². The van der Waals surface area contributed by atoms with E-state index in [2.05, 4.69) is 342 Å². The van der Waals surface area contributed by atoms with Crippen molar-refractivity contribution < 1.29 is 28.7 Å². The molecule has 806 valence electrons. The summed E-state index contributed by atoms with van der Waals surface area (Å²) in [5.74, 6) is 2.99. The molecular formula is C118H198N20O6. The van der Waals surface area contributed by atoms with Gasteiger partial charge in [-0.15, -0.1) is 0 Å². The van der Waals surface area contributed by atoms with Crippen LogP contribution in [0.5, 0.6) is 0 Å². The molecule has 5 amide bonds. The molecule has 10 aliphatic rings. The van der Waals surface area contributed by atoms with Crippen molar-refractivity contribution >= 4 is 29.5 Å². The summed E-state index contributed by atoms with van der Waals surface area (Å²) < 4.78 is 5.08. The lowest BCUT2D eigenvalue weighted by atomic mass is 9.63. The smallest absolute Gasteiger partial charge is 0.271 e. The minimum Gasteiger partial charge on any atom is -0.377 e. The van der Waals surface area contributed by atoms with Gasteiger partial charge in [0, 0.05) is 144 Å². The zero-order valence-electron chi connectivity index (χ0n) is 95.3. The van der Waals surface area contributed by atoms with Crippen LogP contribution >= 0.6 is 0 Å². The lowest BCUT2D eigenvalue weighted by Crippen LogP contribution is -2.60. The number of benzene rings is 1. The van der Waals surface area contributed by atoms with Crippen molar-refractivity contribution in [3.05, 3.63) is 157 Å². The number of ether oxygens (including phenoxy) is 1. The molecule has 5 aromatic heterocycles. The number of aromatic nitrogens is 10. The molecule has 9 aliphatic carbocycles. The molecular weight excluding hydrogens is 1790 g/mol. The van der Waals surface area contributed by atoms with Crippen molar-refractivity contribution in [2.45, 2.75) is 482 Å². The number of rotatable bonds is 29. The molecule has 1 saturated heterocycles. The summed E-state index contributed by atoms with van der Waals surface area (Å²) in [6, 6.07) is 12.6. The fourth-order valence-electron chi connectivity index (χ4n) is 22.0. The summed E-state index contributed by atoms with van der Waals surface area (Å²) in [7, 11) is 0. The highest BCUT2D eigenvalue weighted by Gasteiger charge is 2.49. The largest absolute Gasteiger partial charge is 0.377 e. The topological polar surface area (TPSA) is 344 Å². The number of carbonyl (C=O) groups excluding carboxylic acids is 5. The summed E-state index contributed by atoms with van der Waals surface area (Å²) in [5.41, 5.74) is 8.54. The minimum absolute atomic E-state index is 0.0192. The number of amides is 5.